The molecule has 0 bridgehead atoms. The van der Waals surface area contributed by atoms with Crippen LogP contribution in [0, 0.1) is 11.3 Å². The summed E-state index contributed by atoms with van der Waals surface area (Å²) in [7, 11) is 0. The van der Waals surface area contributed by atoms with Gasteiger partial charge in [0.25, 0.3) is 0 Å². The molecule has 4 heteroatoms. The van der Waals surface area contributed by atoms with Gasteiger partial charge in [-0.15, -0.1) is 11.3 Å². The predicted octanol–water partition coefficient (Wildman–Crippen LogP) is 2.76. The Morgan fingerprint density at radius 1 is 1.47 bits per heavy atom. The van der Waals surface area contributed by atoms with Crippen molar-refractivity contribution < 1.29 is 0 Å². The van der Waals surface area contributed by atoms with Gasteiger partial charge in [0.2, 0.25) is 0 Å². The molecule has 1 aromatic rings. The molecule has 0 aliphatic carbocycles. The summed E-state index contributed by atoms with van der Waals surface area (Å²) in [6, 6.07) is 7.06. The molecule has 2 atom stereocenters. The topological polar surface area (TPSA) is 53.0 Å². The van der Waals surface area contributed by atoms with Crippen molar-refractivity contribution in [1.29, 1.82) is 5.26 Å². The molecule has 1 heterocycles. The minimum absolute atomic E-state index is 0.0646. The van der Waals surface area contributed by atoms with Crippen molar-refractivity contribution in [3.8, 4) is 6.07 Å². The highest BCUT2D eigenvalue weighted by Crippen LogP contribution is 2.29. The summed E-state index contributed by atoms with van der Waals surface area (Å²) in [5.41, 5.74) is 6.12. The first-order valence-electron chi connectivity index (χ1n) is 5.99. The number of nitriles is 1. The van der Waals surface area contributed by atoms with Crippen LogP contribution in [0.5, 0.6) is 0 Å². The SMILES string of the molecule is CC(N)C(c1cccs1)N(CCC#N)C(C)C. The molecule has 0 spiro atoms. The third-order valence-corrected chi connectivity index (χ3v) is 3.78. The predicted molar refractivity (Wildman–Crippen MR) is 72.8 cm³/mol. The summed E-state index contributed by atoms with van der Waals surface area (Å²) in [5, 5.41) is 10.8. The summed E-state index contributed by atoms with van der Waals surface area (Å²) >= 11 is 1.73. The zero-order valence-corrected chi connectivity index (χ0v) is 11.6. The lowest BCUT2D eigenvalue weighted by Gasteiger charge is -2.36. The van der Waals surface area contributed by atoms with Gasteiger partial charge >= 0.3 is 0 Å². The lowest BCUT2D eigenvalue weighted by molar-refractivity contribution is 0.141. The molecule has 3 nitrogen and oxygen atoms in total. The Morgan fingerprint density at radius 2 is 2.18 bits per heavy atom. The van der Waals surface area contributed by atoms with Gasteiger partial charge < -0.3 is 5.73 Å². The Hall–Kier alpha value is -0.890. The Bertz CT molecular complexity index is 351. The molecular formula is C13H21N3S. The molecule has 1 aromatic heterocycles. The van der Waals surface area contributed by atoms with Crippen molar-refractivity contribution in [3.63, 3.8) is 0 Å². The van der Waals surface area contributed by atoms with Crippen LogP contribution >= 0.6 is 11.3 Å². The molecule has 0 aliphatic heterocycles. The third-order valence-electron chi connectivity index (χ3n) is 2.84. The second kappa shape index (κ2) is 6.75. The van der Waals surface area contributed by atoms with Gasteiger partial charge in [0, 0.05) is 29.9 Å². The molecule has 0 amide bonds. The minimum Gasteiger partial charge on any atom is -0.326 e. The zero-order valence-electron chi connectivity index (χ0n) is 10.8. The van der Waals surface area contributed by atoms with E-state index >= 15 is 0 Å². The fourth-order valence-corrected chi connectivity index (χ4v) is 3.04. The molecule has 0 fully saturated rings. The Kier molecular flexibility index (Phi) is 5.63. The summed E-state index contributed by atoms with van der Waals surface area (Å²) in [4.78, 5) is 3.60. The van der Waals surface area contributed by atoms with E-state index in [9.17, 15) is 0 Å². The Morgan fingerprint density at radius 3 is 2.59 bits per heavy atom. The molecule has 0 aromatic carbocycles. The summed E-state index contributed by atoms with van der Waals surface area (Å²) in [6.45, 7) is 7.12. The largest absolute Gasteiger partial charge is 0.326 e. The van der Waals surface area contributed by atoms with Crippen LogP contribution in [0.25, 0.3) is 0 Å². The Labute approximate surface area is 108 Å². The monoisotopic (exact) mass is 251 g/mol. The van der Waals surface area contributed by atoms with Crippen molar-refractivity contribution in [2.45, 2.75) is 45.3 Å². The standard InChI is InChI=1S/C13H21N3S/c1-10(2)16(8-5-7-14)13(11(3)15)12-6-4-9-17-12/h4,6,9-11,13H,5,8,15H2,1-3H3. The Balaban J connectivity index is 2.90. The highest BCUT2D eigenvalue weighted by molar-refractivity contribution is 7.10. The molecule has 0 radical (unpaired) electrons. The highest BCUT2D eigenvalue weighted by atomic mass is 32.1. The molecular weight excluding hydrogens is 230 g/mol. The van der Waals surface area contributed by atoms with Gasteiger partial charge in [-0.05, 0) is 32.2 Å². The lowest BCUT2D eigenvalue weighted by atomic mass is 10.0. The second-order valence-corrected chi connectivity index (χ2v) is 5.54. The van der Waals surface area contributed by atoms with E-state index < -0.39 is 0 Å². The normalized spacial score (nSPS) is 14.9. The van der Waals surface area contributed by atoms with E-state index in [1.165, 1.54) is 4.88 Å². The van der Waals surface area contributed by atoms with Crippen LogP contribution in [0.4, 0.5) is 0 Å². The van der Waals surface area contributed by atoms with Crippen LogP contribution in [-0.2, 0) is 0 Å². The molecule has 0 saturated heterocycles. The van der Waals surface area contributed by atoms with E-state index in [4.69, 9.17) is 11.0 Å². The first-order valence-corrected chi connectivity index (χ1v) is 6.87. The quantitative estimate of drug-likeness (QED) is 0.846. The van der Waals surface area contributed by atoms with E-state index in [1.807, 2.05) is 6.92 Å². The molecule has 1 rings (SSSR count). The summed E-state index contributed by atoms with van der Waals surface area (Å²) in [5.74, 6) is 0. The van der Waals surface area contributed by atoms with Gasteiger partial charge in [-0.25, -0.2) is 0 Å². The van der Waals surface area contributed by atoms with Gasteiger partial charge in [-0.3, -0.25) is 4.90 Å². The molecule has 94 valence electrons. The summed E-state index contributed by atoms with van der Waals surface area (Å²) < 4.78 is 0. The van der Waals surface area contributed by atoms with Crippen molar-refractivity contribution in [1.82, 2.24) is 4.90 Å². The van der Waals surface area contributed by atoms with Crippen molar-refractivity contribution in [3.05, 3.63) is 22.4 Å². The smallest absolute Gasteiger partial charge is 0.0635 e. The van der Waals surface area contributed by atoms with Crippen molar-refractivity contribution in [2.75, 3.05) is 6.54 Å². The molecule has 2 N–H and O–H groups in total. The van der Waals surface area contributed by atoms with Crippen LogP contribution in [0.1, 0.15) is 38.1 Å². The molecule has 0 saturated carbocycles. The highest BCUT2D eigenvalue weighted by Gasteiger charge is 2.26. The number of hydrogen-bond acceptors (Lipinski definition) is 4. The van der Waals surface area contributed by atoms with Crippen molar-refractivity contribution in [2.24, 2.45) is 5.73 Å². The molecule has 0 aliphatic rings. The number of rotatable bonds is 6. The average Bonchev–Trinajstić information content (AvgIpc) is 2.76. The van der Waals surface area contributed by atoms with E-state index in [0.717, 1.165) is 6.54 Å². The average molecular weight is 251 g/mol. The maximum Gasteiger partial charge on any atom is 0.0635 e. The summed E-state index contributed by atoms with van der Waals surface area (Å²) in [6.07, 6.45) is 0.548. The van der Waals surface area contributed by atoms with E-state index in [1.54, 1.807) is 11.3 Å². The first-order chi connectivity index (χ1) is 8.07. The van der Waals surface area contributed by atoms with Crippen molar-refractivity contribution >= 4 is 11.3 Å². The van der Waals surface area contributed by atoms with Gasteiger partial charge in [0.15, 0.2) is 0 Å². The van der Waals surface area contributed by atoms with Gasteiger partial charge in [-0.1, -0.05) is 6.07 Å². The number of nitrogens with two attached hydrogens (primary N) is 1. The van der Waals surface area contributed by atoms with Gasteiger partial charge in [0.1, 0.15) is 0 Å². The molecule has 17 heavy (non-hydrogen) atoms. The number of thiophene rings is 1. The second-order valence-electron chi connectivity index (χ2n) is 4.56. The third kappa shape index (κ3) is 3.81. The zero-order chi connectivity index (χ0) is 12.8. The lowest BCUT2D eigenvalue weighted by Crippen LogP contribution is -2.43. The number of hydrogen-bond donors (Lipinski definition) is 1. The number of nitrogens with zero attached hydrogens (tertiary/aromatic N) is 2. The van der Waals surface area contributed by atoms with E-state index in [2.05, 4.69) is 42.3 Å². The first kappa shape index (κ1) is 14.2. The van der Waals surface area contributed by atoms with Crippen LogP contribution in [-0.4, -0.2) is 23.5 Å². The van der Waals surface area contributed by atoms with Crippen LogP contribution in [0.15, 0.2) is 17.5 Å². The van der Waals surface area contributed by atoms with Crippen LogP contribution < -0.4 is 5.73 Å². The fraction of sp³-hybridized carbons (Fsp3) is 0.615. The molecule has 2 unspecified atom stereocenters. The maximum atomic E-state index is 8.74. The fourth-order valence-electron chi connectivity index (χ4n) is 2.08. The minimum atomic E-state index is 0.0646. The van der Waals surface area contributed by atoms with Gasteiger partial charge in [-0.2, -0.15) is 5.26 Å². The van der Waals surface area contributed by atoms with Gasteiger partial charge in [0.05, 0.1) is 12.1 Å². The van der Waals surface area contributed by atoms with Crippen LogP contribution in [0.3, 0.4) is 0 Å². The van der Waals surface area contributed by atoms with E-state index in [-0.39, 0.29) is 12.1 Å². The maximum absolute atomic E-state index is 8.74. The van der Waals surface area contributed by atoms with E-state index in [0.29, 0.717) is 12.5 Å². The van der Waals surface area contributed by atoms with Crippen LogP contribution in [0.2, 0.25) is 0 Å².